The zero-order valence-corrected chi connectivity index (χ0v) is 13.5. The molecule has 1 saturated heterocycles. The molecule has 4 rings (SSSR count). The van der Waals surface area contributed by atoms with E-state index < -0.39 is 0 Å². The van der Waals surface area contributed by atoms with Gasteiger partial charge in [0.05, 0.1) is 16.9 Å². The molecule has 1 saturated carbocycles. The van der Waals surface area contributed by atoms with Gasteiger partial charge in [-0.15, -0.1) is 0 Å². The number of carbonyl (C=O) groups is 1. The third-order valence-electron chi connectivity index (χ3n) is 5.40. The fourth-order valence-corrected chi connectivity index (χ4v) is 3.75. The number of fused-ring (bicyclic) bond motifs is 1. The number of para-hydroxylation sites is 1. The molecule has 1 aliphatic carbocycles. The van der Waals surface area contributed by atoms with Gasteiger partial charge in [0.2, 0.25) is 5.91 Å². The highest BCUT2D eigenvalue weighted by atomic mass is 16.2. The quantitative estimate of drug-likeness (QED) is 0.927. The number of hydrogen-bond donors (Lipinski definition) is 1. The van der Waals surface area contributed by atoms with E-state index in [1.165, 1.54) is 0 Å². The highest BCUT2D eigenvalue weighted by molar-refractivity contribution is 5.83. The number of likely N-dealkylation sites (tertiary alicyclic amines) is 1. The van der Waals surface area contributed by atoms with Crippen LogP contribution in [0, 0.1) is 11.8 Å². The van der Waals surface area contributed by atoms with Crippen molar-refractivity contribution in [2.24, 2.45) is 11.8 Å². The molecule has 0 radical (unpaired) electrons. The first kappa shape index (κ1) is 14.5. The SMILES string of the molecule is C[C@@H]1C[C@H]1C(=O)N1CCC(c2nc3ccccc3cc2N)CC1. The molecule has 120 valence electrons. The van der Waals surface area contributed by atoms with Crippen molar-refractivity contribution in [3.05, 3.63) is 36.0 Å². The van der Waals surface area contributed by atoms with Crippen molar-refractivity contribution in [2.75, 3.05) is 18.8 Å². The van der Waals surface area contributed by atoms with Crippen molar-refractivity contribution >= 4 is 22.5 Å². The van der Waals surface area contributed by atoms with Gasteiger partial charge in [0, 0.05) is 30.3 Å². The Morgan fingerprint density at radius 1 is 1.26 bits per heavy atom. The van der Waals surface area contributed by atoms with Gasteiger partial charge in [-0.3, -0.25) is 9.78 Å². The molecule has 0 bridgehead atoms. The third-order valence-corrected chi connectivity index (χ3v) is 5.40. The molecule has 1 aromatic heterocycles. The second-order valence-electron chi connectivity index (χ2n) is 7.07. The number of nitrogens with zero attached hydrogens (tertiary/aromatic N) is 2. The lowest BCUT2D eigenvalue weighted by atomic mass is 9.91. The number of piperidine rings is 1. The maximum Gasteiger partial charge on any atom is 0.225 e. The molecule has 4 heteroatoms. The predicted molar refractivity (Wildman–Crippen MR) is 92.0 cm³/mol. The largest absolute Gasteiger partial charge is 0.397 e. The lowest BCUT2D eigenvalue weighted by Gasteiger charge is -2.32. The Morgan fingerprint density at radius 3 is 2.65 bits per heavy atom. The van der Waals surface area contributed by atoms with Gasteiger partial charge in [-0.2, -0.15) is 0 Å². The summed E-state index contributed by atoms with van der Waals surface area (Å²) in [6.45, 7) is 3.83. The second-order valence-corrected chi connectivity index (χ2v) is 7.07. The van der Waals surface area contributed by atoms with Crippen LogP contribution >= 0.6 is 0 Å². The predicted octanol–water partition coefficient (Wildman–Crippen LogP) is 3.18. The number of nitrogens with two attached hydrogens (primary N) is 1. The van der Waals surface area contributed by atoms with Gasteiger partial charge < -0.3 is 10.6 Å². The molecule has 4 nitrogen and oxygen atoms in total. The van der Waals surface area contributed by atoms with Crippen LogP contribution in [-0.4, -0.2) is 28.9 Å². The molecule has 2 fully saturated rings. The molecule has 1 aromatic carbocycles. The van der Waals surface area contributed by atoms with Crippen molar-refractivity contribution in [2.45, 2.75) is 32.1 Å². The van der Waals surface area contributed by atoms with Crippen molar-refractivity contribution in [1.82, 2.24) is 9.88 Å². The third kappa shape index (κ3) is 2.67. The molecule has 23 heavy (non-hydrogen) atoms. The van der Waals surface area contributed by atoms with E-state index in [0.717, 1.165) is 54.6 Å². The number of rotatable bonds is 2. The number of anilines is 1. The van der Waals surface area contributed by atoms with Gasteiger partial charge in [-0.25, -0.2) is 0 Å². The average Bonchev–Trinajstić information content (AvgIpc) is 3.30. The molecule has 0 spiro atoms. The molecule has 2 aromatic rings. The van der Waals surface area contributed by atoms with Gasteiger partial charge in [-0.1, -0.05) is 25.1 Å². The number of pyridine rings is 1. The standard InChI is InChI=1S/C19H23N3O/c1-12-10-15(12)19(23)22-8-6-13(7-9-22)18-16(20)11-14-4-2-3-5-17(14)21-18/h2-5,11-13,15H,6-10,20H2,1H3/t12-,15-/m1/s1. The molecule has 0 unspecified atom stereocenters. The van der Waals surface area contributed by atoms with Crippen LogP contribution in [0.15, 0.2) is 30.3 Å². The molecule has 2 atom stereocenters. The Morgan fingerprint density at radius 2 is 1.96 bits per heavy atom. The van der Waals surface area contributed by atoms with E-state index in [2.05, 4.69) is 6.92 Å². The van der Waals surface area contributed by atoms with Crippen LogP contribution in [0.3, 0.4) is 0 Å². The van der Waals surface area contributed by atoms with Crippen molar-refractivity contribution < 1.29 is 4.79 Å². The number of aromatic nitrogens is 1. The Balaban J connectivity index is 1.50. The number of amides is 1. The lowest BCUT2D eigenvalue weighted by Crippen LogP contribution is -2.39. The molecular formula is C19H23N3O. The summed E-state index contributed by atoms with van der Waals surface area (Å²) in [7, 11) is 0. The van der Waals surface area contributed by atoms with E-state index in [1.807, 2.05) is 35.2 Å². The summed E-state index contributed by atoms with van der Waals surface area (Å²) in [5, 5.41) is 1.09. The molecular weight excluding hydrogens is 286 g/mol. The van der Waals surface area contributed by atoms with Crippen LogP contribution in [0.25, 0.3) is 10.9 Å². The summed E-state index contributed by atoms with van der Waals surface area (Å²) in [6.07, 6.45) is 2.99. The summed E-state index contributed by atoms with van der Waals surface area (Å²) < 4.78 is 0. The van der Waals surface area contributed by atoms with E-state index in [1.54, 1.807) is 0 Å². The fourth-order valence-electron chi connectivity index (χ4n) is 3.75. The minimum atomic E-state index is 0.287. The smallest absolute Gasteiger partial charge is 0.225 e. The zero-order valence-electron chi connectivity index (χ0n) is 13.5. The van der Waals surface area contributed by atoms with Crippen molar-refractivity contribution in [3.63, 3.8) is 0 Å². The van der Waals surface area contributed by atoms with Crippen LogP contribution in [-0.2, 0) is 4.79 Å². The summed E-state index contributed by atoms with van der Waals surface area (Å²) >= 11 is 0. The van der Waals surface area contributed by atoms with Crippen LogP contribution in [0.2, 0.25) is 0 Å². The van der Waals surface area contributed by atoms with Crippen LogP contribution in [0.5, 0.6) is 0 Å². The Labute approximate surface area is 136 Å². The van der Waals surface area contributed by atoms with E-state index in [9.17, 15) is 4.79 Å². The summed E-state index contributed by atoms with van der Waals surface area (Å²) in [5.41, 5.74) is 9.04. The number of nitrogen functional groups attached to an aromatic ring is 1. The van der Waals surface area contributed by atoms with Gasteiger partial charge in [0.1, 0.15) is 0 Å². The van der Waals surface area contributed by atoms with E-state index >= 15 is 0 Å². The summed E-state index contributed by atoms with van der Waals surface area (Å²) in [5.74, 6) is 1.59. The number of carbonyl (C=O) groups excluding carboxylic acids is 1. The van der Waals surface area contributed by atoms with E-state index in [-0.39, 0.29) is 5.92 Å². The van der Waals surface area contributed by atoms with E-state index in [0.29, 0.717) is 17.7 Å². The molecule has 1 aliphatic heterocycles. The average molecular weight is 309 g/mol. The van der Waals surface area contributed by atoms with Crippen LogP contribution in [0.1, 0.15) is 37.8 Å². The number of hydrogen-bond acceptors (Lipinski definition) is 3. The van der Waals surface area contributed by atoms with Crippen molar-refractivity contribution in [1.29, 1.82) is 0 Å². The van der Waals surface area contributed by atoms with Gasteiger partial charge in [0.25, 0.3) is 0 Å². The zero-order chi connectivity index (χ0) is 16.0. The van der Waals surface area contributed by atoms with Crippen LogP contribution < -0.4 is 5.73 Å². The molecule has 2 N–H and O–H groups in total. The van der Waals surface area contributed by atoms with Crippen molar-refractivity contribution in [3.8, 4) is 0 Å². The number of benzene rings is 1. The Hall–Kier alpha value is -2.10. The maximum atomic E-state index is 12.3. The topological polar surface area (TPSA) is 59.2 Å². The highest BCUT2D eigenvalue weighted by Gasteiger charge is 2.42. The summed E-state index contributed by atoms with van der Waals surface area (Å²) in [6, 6.07) is 10.1. The highest BCUT2D eigenvalue weighted by Crippen LogP contribution is 2.40. The first-order chi connectivity index (χ1) is 11.1. The fraction of sp³-hybridized carbons (Fsp3) is 0.474. The van der Waals surface area contributed by atoms with E-state index in [4.69, 9.17) is 10.7 Å². The first-order valence-electron chi connectivity index (χ1n) is 8.57. The molecule has 2 heterocycles. The Bertz CT molecular complexity index is 749. The summed E-state index contributed by atoms with van der Waals surface area (Å²) in [4.78, 5) is 19.2. The molecule has 1 amide bonds. The Kier molecular flexibility index (Phi) is 3.47. The first-order valence-corrected chi connectivity index (χ1v) is 8.57. The normalized spacial score (nSPS) is 24.8. The van der Waals surface area contributed by atoms with Gasteiger partial charge in [0.15, 0.2) is 0 Å². The monoisotopic (exact) mass is 309 g/mol. The van der Waals surface area contributed by atoms with Gasteiger partial charge in [-0.05, 0) is 37.3 Å². The maximum absolute atomic E-state index is 12.3. The van der Waals surface area contributed by atoms with Gasteiger partial charge >= 0.3 is 0 Å². The minimum Gasteiger partial charge on any atom is -0.397 e. The molecule has 2 aliphatic rings. The van der Waals surface area contributed by atoms with Crippen LogP contribution in [0.4, 0.5) is 5.69 Å². The minimum absolute atomic E-state index is 0.287. The lowest BCUT2D eigenvalue weighted by molar-refractivity contribution is -0.133. The second kappa shape index (κ2) is 5.52.